The van der Waals surface area contributed by atoms with Crippen LogP contribution in [0.4, 0.5) is 5.69 Å². The maximum atomic E-state index is 5.34. The number of hydrogen-bond acceptors (Lipinski definition) is 6. The molecule has 1 aliphatic heterocycles. The van der Waals surface area contributed by atoms with Crippen LogP contribution in [0.25, 0.3) is 17.2 Å². The molecule has 0 saturated carbocycles. The van der Waals surface area contributed by atoms with E-state index in [9.17, 15) is 0 Å². The molecule has 25 heavy (non-hydrogen) atoms. The highest BCUT2D eigenvalue weighted by molar-refractivity contribution is 5.70. The van der Waals surface area contributed by atoms with Gasteiger partial charge in [0.15, 0.2) is 5.76 Å². The smallest absolute Gasteiger partial charge is 0.241 e. The van der Waals surface area contributed by atoms with Crippen LogP contribution in [0.5, 0.6) is 0 Å². The molecular weight excluding hydrogens is 316 g/mol. The number of nitrogens with zero attached hydrogens (tertiary/aromatic N) is 4. The van der Waals surface area contributed by atoms with Crippen molar-refractivity contribution in [2.45, 2.75) is 6.54 Å². The Bertz CT molecular complexity index is 863. The monoisotopic (exact) mass is 336 g/mol. The van der Waals surface area contributed by atoms with E-state index in [0.717, 1.165) is 13.1 Å². The molecule has 0 spiro atoms. The van der Waals surface area contributed by atoms with E-state index in [4.69, 9.17) is 8.94 Å². The van der Waals surface area contributed by atoms with Gasteiger partial charge in [-0.1, -0.05) is 23.4 Å². The summed E-state index contributed by atoms with van der Waals surface area (Å²) < 4.78 is 10.6. The van der Waals surface area contributed by atoms with Crippen LogP contribution in [0.3, 0.4) is 0 Å². The largest absolute Gasteiger partial charge is 0.461 e. The molecule has 0 radical (unpaired) electrons. The maximum Gasteiger partial charge on any atom is 0.241 e. The molecule has 1 aliphatic rings. The van der Waals surface area contributed by atoms with Gasteiger partial charge in [-0.2, -0.15) is 4.98 Å². The molecule has 0 bridgehead atoms. The van der Waals surface area contributed by atoms with Crippen molar-refractivity contribution in [1.29, 1.82) is 0 Å². The predicted octanol–water partition coefficient (Wildman–Crippen LogP) is 3.29. The first kappa shape index (κ1) is 15.7. The Morgan fingerprint density at radius 2 is 2.00 bits per heavy atom. The third kappa shape index (κ3) is 3.34. The van der Waals surface area contributed by atoms with E-state index in [-0.39, 0.29) is 0 Å². The van der Waals surface area contributed by atoms with Gasteiger partial charge in [-0.25, -0.2) is 0 Å². The molecule has 6 heteroatoms. The Kier molecular flexibility index (Phi) is 4.11. The fourth-order valence-corrected chi connectivity index (χ4v) is 2.93. The van der Waals surface area contributed by atoms with Crippen molar-refractivity contribution in [3.8, 4) is 11.6 Å². The van der Waals surface area contributed by atoms with Crippen LogP contribution in [-0.4, -0.2) is 42.2 Å². The van der Waals surface area contributed by atoms with Crippen LogP contribution in [-0.2, 0) is 6.54 Å². The van der Waals surface area contributed by atoms with Gasteiger partial charge in [0, 0.05) is 32.9 Å². The Hall–Kier alpha value is -2.86. The van der Waals surface area contributed by atoms with E-state index >= 15 is 0 Å². The first-order valence-corrected chi connectivity index (χ1v) is 8.24. The van der Waals surface area contributed by atoms with E-state index < -0.39 is 0 Å². The van der Waals surface area contributed by atoms with Gasteiger partial charge >= 0.3 is 0 Å². The van der Waals surface area contributed by atoms with Crippen molar-refractivity contribution in [2.24, 2.45) is 0 Å². The standard InChI is InChI=1S/C19H20N4O2/c1-22(2)16-7-5-14(6-8-16)15-9-10-23(12-15)13-18-20-19(21-25-18)17-4-3-11-24-17/h3-9,11H,10,12-13H2,1-2H3. The minimum absolute atomic E-state index is 0.492. The Labute approximate surface area is 146 Å². The van der Waals surface area contributed by atoms with Crippen LogP contribution < -0.4 is 4.90 Å². The molecule has 3 aromatic rings. The van der Waals surface area contributed by atoms with Gasteiger partial charge in [0.2, 0.25) is 11.7 Å². The molecule has 0 saturated heterocycles. The normalized spacial score (nSPS) is 14.7. The summed E-state index contributed by atoms with van der Waals surface area (Å²) in [6.07, 6.45) is 3.86. The van der Waals surface area contributed by atoms with Crippen molar-refractivity contribution in [2.75, 3.05) is 32.1 Å². The Morgan fingerprint density at radius 1 is 1.16 bits per heavy atom. The van der Waals surface area contributed by atoms with E-state index in [1.54, 1.807) is 6.26 Å². The van der Waals surface area contributed by atoms with Crippen LogP contribution in [0.15, 0.2) is 57.7 Å². The zero-order valence-corrected chi connectivity index (χ0v) is 14.3. The van der Waals surface area contributed by atoms with Gasteiger partial charge in [0.05, 0.1) is 12.8 Å². The molecule has 0 atom stereocenters. The van der Waals surface area contributed by atoms with E-state index in [0.29, 0.717) is 24.0 Å². The lowest BCUT2D eigenvalue weighted by atomic mass is 10.1. The van der Waals surface area contributed by atoms with Crippen LogP contribution in [0.1, 0.15) is 11.5 Å². The lowest BCUT2D eigenvalue weighted by Gasteiger charge is -2.15. The molecule has 3 heterocycles. The highest BCUT2D eigenvalue weighted by atomic mass is 16.5. The van der Waals surface area contributed by atoms with Crippen molar-refractivity contribution < 1.29 is 8.94 Å². The van der Waals surface area contributed by atoms with E-state index in [1.807, 2.05) is 26.2 Å². The van der Waals surface area contributed by atoms with Gasteiger partial charge in [0.1, 0.15) is 0 Å². The predicted molar refractivity (Wildman–Crippen MR) is 96.0 cm³/mol. The summed E-state index contributed by atoms with van der Waals surface area (Å²) in [5, 5.41) is 3.98. The summed E-state index contributed by atoms with van der Waals surface area (Å²) in [6, 6.07) is 12.3. The highest BCUT2D eigenvalue weighted by Gasteiger charge is 2.19. The van der Waals surface area contributed by atoms with Gasteiger partial charge in [-0.05, 0) is 35.4 Å². The molecule has 0 aliphatic carbocycles. The van der Waals surface area contributed by atoms with Crippen LogP contribution in [0, 0.1) is 0 Å². The summed E-state index contributed by atoms with van der Waals surface area (Å²) in [5.41, 5.74) is 3.79. The first-order valence-electron chi connectivity index (χ1n) is 8.24. The Balaban J connectivity index is 1.39. The van der Waals surface area contributed by atoms with Crippen molar-refractivity contribution >= 4 is 11.3 Å². The topological polar surface area (TPSA) is 58.5 Å². The van der Waals surface area contributed by atoms with Crippen LogP contribution in [0.2, 0.25) is 0 Å². The number of hydrogen-bond donors (Lipinski definition) is 0. The minimum Gasteiger partial charge on any atom is -0.461 e. The second kappa shape index (κ2) is 6.57. The fraction of sp³-hybridized carbons (Fsp3) is 0.263. The third-order valence-corrected chi connectivity index (χ3v) is 4.31. The molecule has 0 fully saturated rings. The summed E-state index contributed by atoms with van der Waals surface area (Å²) in [7, 11) is 4.10. The lowest BCUT2D eigenvalue weighted by molar-refractivity contribution is 0.277. The van der Waals surface area contributed by atoms with Crippen molar-refractivity contribution in [3.05, 3.63) is 60.2 Å². The molecule has 2 aromatic heterocycles. The van der Waals surface area contributed by atoms with Gasteiger partial charge in [-0.15, -0.1) is 0 Å². The fourth-order valence-electron chi connectivity index (χ4n) is 2.93. The molecule has 4 rings (SSSR count). The maximum absolute atomic E-state index is 5.34. The molecule has 0 unspecified atom stereocenters. The molecule has 0 amide bonds. The zero-order valence-electron chi connectivity index (χ0n) is 14.3. The van der Waals surface area contributed by atoms with Gasteiger partial charge in [0.25, 0.3) is 0 Å². The summed E-state index contributed by atoms with van der Waals surface area (Å²) in [4.78, 5) is 8.78. The average Bonchev–Trinajstić information content (AvgIpc) is 3.37. The number of anilines is 1. The summed E-state index contributed by atoms with van der Waals surface area (Å²) in [6.45, 7) is 2.38. The quantitative estimate of drug-likeness (QED) is 0.712. The summed E-state index contributed by atoms with van der Waals surface area (Å²) in [5.74, 6) is 1.71. The molecule has 128 valence electrons. The Morgan fingerprint density at radius 3 is 2.72 bits per heavy atom. The highest BCUT2D eigenvalue weighted by Crippen LogP contribution is 2.24. The molecule has 6 nitrogen and oxygen atoms in total. The molecule has 0 N–H and O–H groups in total. The second-order valence-corrected chi connectivity index (χ2v) is 6.33. The number of furan rings is 1. The average molecular weight is 336 g/mol. The molecule has 1 aromatic carbocycles. The minimum atomic E-state index is 0.492. The zero-order chi connectivity index (χ0) is 17.2. The van der Waals surface area contributed by atoms with E-state index in [2.05, 4.69) is 50.3 Å². The SMILES string of the molecule is CN(C)c1ccc(C2=CCN(Cc3nc(-c4ccco4)no3)C2)cc1. The second-order valence-electron chi connectivity index (χ2n) is 6.33. The lowest BCUT2D eigenvalue weighted by Crippen LogP contribution is -2.20. The third-order valence-electron chi connectivity index (χ3n) is 4.31. The number of benzene rings is 1. The van der Waals surface area contributed by atoms with Crippen molar-refractivity contribution in [1.82, 2.24) is 15.0 Å². The van der Waals surface area contributed by atoms with Gasteiger partial charge < -0.3 is 13.8 Å². The number of aromatic nitrogens is 2. The van der Waals surface area contributed by atoms with Crippen LogP contribution >= 0.6 is 0 Å². The summed E-state index contributed by atoms with van der Waals surface area (Å²) >= 11 is 0. The van der Waals surface area contributed by atoms with Crippen molar-refractivity contribution in [3.63, 3.8) is 0 Å². The van der Waals surface area contributed by atoms with E-state index in [1.165, 1.54) is 16.8 Å². The molecular formula is C19H20N4O2. The number of rotatable bonds is 5. The van der Waals surface area contributed by atoms with Gasteiger partial charge in [-0.3, -0.25) is 4.90 Å². The first-order chi connectivity index (χ1) is 12.2.